The Kier molecular flexibility index (Phi) is 22.0. The lowest BCUT2D eigenvalue weighted by atomic mass is 9.95. The van der Waals surface area contributed by atoms with Crippen LogP contribution in [0, 0.1) is 11.8 Å². The third kappa shape index (κ3) is 20.7. The van der Waals surface area contributed by atoms with Gasteiger partial charge >= 0.3 is 0 Å². The molecule has 0 bridgehead atoms. The average Bonchev–Trinajstić information content (AvgIpc) is 3.86. The summed E-state index contributed by atoms with van der Waals surface area (Å²) in [7, 11) is 0. The van der Waals surface area contributed by atoms with Crippen molar-refractivity contribution in [3.05, 3.63) is 0 Å². The Hall–Kier alpha value is -0.0800. The van der Waals surface area contributed by atoms with Gasteiger partial charge in [0.05, 0.1) is 24.4 Å². The number of hydrogen-bond donors (Lipinski definition) is 0. The van der Waals surface area contributed by atoms with Crippen LogP contribution in [0.5, 0.6) is 0 Å². The maximum Gasteiger partial charge on any atom is 0.0841 e. The average molecular weight is 563 g/mol. The maximum atomic E-state index is 5.95. The lowest BCUT2D eigenvalue weighted by molar-refractivity contribution is 0.344. The normalized spacial score (nSPS) is 22.7. The Labute approximate surface area is 252 Å². The quantitative estimate of drug-likeness (QED) is 0.0620. The first-order chi connectivity index (χ1) is 19.6. The molecule has 2 aliphatic heterocycles. The predicted molar refractivity (Wildman–Crippen MR) is 176 cm³/mol. The molecule has 40 heavy (non-hydrogen) atoms. The van der Waals surface area contributed by atoms with Gasteiger partial charge in [-0.05, 0) is 37.5 Å². The molecule has 2 nitrogen and oxygen atoms in total. The zero-order valence-corrected chi connectivity index (χ0v) is 28.1. The Bertz CT molecular complexity index is 546. The maximum absolute atomic E-state index is 5.95. The molecule has 2 aliphatic rings. The van der Waals surface area contributed by atoms with Gasteiger partial charge in [0, 0.05) is 0 Å². The molecule has 0 aromatic rings. The van der Waals surface area contributed by atoms with E-state index in [1.54, 1.807) is 0 Å². The molecule has 0 N–H and O–H groups in total. The molecule has 2 rings (SSSR count). The molecule has 0 aliphatic carbocycles. The second-order valence-corrected chi connectivity index (χ2v) is 14.5. The standard InChI is InChI=1S/C38H74O2/c1-5-6-7-8-9-14-17-20-30-36-38(40-36)32-25-23-28-34(4)27-19-16-13-11-10-12-15-18-21-29-35-37(39-35)31-24-22-26-33(2)3/h33-38H,5-32H2,1-4H3. The van der Waals surface area contributed by atoms with E-state index in [0.717, 1.165) is 11.8 Å². The first-order valence-electron chi connectivity index (χ1n) is 18.9. The van der Waals surface area contributed by atoms with Crippen LogP contribution in [0.15, 0.2) is 0 Å². The van der Waals surface area contributed by atoms with E-state index < -0.39 is 0 Å². The molecular formula is C38H74O2. The van der Waals surface area contributed by atoms with Gasteiger partial charge in [-0.25, -0.2) is 0 Å². The smallest absolute Gasteiger partial charge is 0.0841 e. The van der Waals surface area contributed by atoms with Gasteiger partial charge in [-0.15, -0.1) is 0 Å². The zero-order chi connectivity index (χ0) is 28.7. The van der Waals surface area contributed by atoms with Gasteiger partial charge in [-0.1, -0.05) is 182 Å². The van der Waals surface area contributed by atoms with Crippen molar-refractivity contribution in [3.63, 3.8) is 0 Å². The first kappa shape index (κ1) is 36.1. The van der Waals surface area contributed by atoms with Gasteiger partial charge in [0.25, 0.3) is 0 Å². The van der Waals surface area contributed by atoms with Crippen molar-refractivity contribution in [3.8, 4) is 0 Å². The molecule has 5 unspecified atom stereocenters. The van der Waals surface area contributed by atoms with Crippen LogP contribution >= 0.6 is 0 Å². The highest BCUT2D eigenvalue weighted by Gasteiger charge is 2.37. The summed E-state index contributed by atoms with van der Waals surface area (Å²) in [6.07, 6.45) is 41.9. The Balaban J connectivity index is 1.22. The predicted octanol–water partition coefficient (Wildman–Crippen LogP) is 12.8. The fourth-order valence-electron chi connectivity index (χ4n) is 6.81. The van der Waals surface area contributed by atoms with E-state index >= 15 is 0 Å². The largest absolute Gasteiger partial charge is 0.370 e. The fraction of sp³-hybridized carbons (Fsp3) is 1.00. The van der Waals surface area contributed by atoms with E-state index in [1.165, 1.54) is 180 Å². The molecule has 2 heteroatoms. The van der Waals surface area contributed by atoms with Crippen molar-refractivity contribution in [2.24, 2.45) is 11.8 Å². The zero-order valence-electron chi connectivity index (χ0n) is 28.1. The van der Waals surface area contributed by atoms with Crippen LogP contribution in [0.25, 0.3) is 0 Å². The molecule has 0 amide bonds. The summed E-state index contributed by atoms with van der Waals surface area (Å²) in [6, 6.07) is 0. The minimum Gasteiger partial charge on any atom is -0.370 e. The first-order valence-corrected chi connectivity index (χ1v) is 18.9. The van der Waals surface area contributed by atoms with Crippen LogP contribution in [0.2, 0.25) is 0 Å². The van der Waals surface area contributed by atoms with Crippen LogP contribution in [0.3, 0.4) is 0 Å². The second kappa shape index (κ2) is 24.4. The lowest BCUT2D eigenvalue weighted by Gasteiger charge is -2.10. The lowest BCUT2D eigenvalue weighted by Crippen LogP contribution is -1.98. The number of ether oxygens (including phenoxy) is 2. The van der Waals surface area contributed by atoms with Crippen LogP contribution in [-0.2, 0) is 9.47 Å². The summed E-state index contributed by atoms with van der Waals surface area (Å²) in [5.41, 5.74) is 0. The van der Waals surface area contributed by atoms with Crippen LogP contribution in [0.1, 0.15) is 207 Å². The minimum atomic E-state index is 0.619. The summed E-state index contributed by atoms with van der Waals surface area (Å²) in [5, 5.41) is 0. The van der Waals surface area contributed by atoms with Crippen molar-refractivity contribution in [2.75, 3.05) is 0 Å². The monoisotopic (exact) mass is 563 g/mol. The summed E-state index contributed by atoms with van der Waals surface area (Å²) < 4.78 is 11.8. The molecule has 0 saturated carbocycles. The van der Waals surface area contributed by atoms with Crippen molar-refractivity contribution in [1.82, 2.24) is 0 Å². The van der Waals surface area contributed by atoms with Crippen LogP contribution < -0.4 is 0 Å². The van der Waals surface area contributed by atoms with Crippen molar-refractivity contribution in [2.45, 2.75) is 232 Å². The van der Waals surface area contributed by atoms with E-state index in [4.69, 9.17) is 9.47 Å². The highest BCUT2D eigenvalue weighted by Crippen LogP contribution is 2.33. The van der Waals surface area contributed by atoms with Crippen molar-refractivity contribution < 1.29 is 9.47 Å². The van der Waals surface area contributed by atoms with Gasteiger partial charge < -0.3 is 9.47 Å². The summed E-state index contributed by atoms with van der Waals surface area (Å²) in [5.74, 6) is 1.78. The van der Waals surface area contributed by atoms with E-state index in [9.17, 15) is 0 Å². The van der Waals surface area contributed by atoms with E-state index in [0.29, 0.717) is 24.4 Å². The minimum absolute atomic E-state index is 0.619. The van der Waals surface area contributed by atoms with Crippen molar-refractivity contribution in [1.29, 1.82) is 0 Å². The van der Waals surface area contributed by atoms with Gasteiger partial charge in [-0.3, -0.25) is 0 Å². The third-order valence-corrected chi connectivity index (χ3v) is 9.86. The molecule has 2 fully saturated rings. The topological polar surface area (TPSA) is 25.1 Å². The Morgan fingerprint density at radius 1 is 0.375 bits per heavy atom. The Morgan fingerprint density at radius 2 is 0.675 bits per heavy atom. The Morgan fingerprint density at radius 3 is 1.07 bits per heavy atom. The number of unbranched alkanes of at least 4 members (excludes halogenated alkanes) is 17. The summed E-state index contributed by atoms with van der Waals surface area (Å²) >= 11 is 0. The van der Waals surface area contributed by atoms with Crippen LogP contribution in [0.4, 0.5) is 0 Å². The highest BCUT2D eigenvalue weighted by molar-refractivity contribution is 4.85. The third-order valence-electron chi connectivity index (χ3n) is 9.86. The molecule has 2 saturated heterocycles. The van der Waals surface area contributed by atoms with Gasteiger partial charge in [0.2, 0.25) is 0 Å². The van der Waals surface area contributed by atoms with Crippen molar-refractivity contribution >= 4 is 0 Å². The molecule has 238 valence electrons. The molecule has 0 radical (unpaired) electrons. The molecule has 2 heterocycles. The van der Waals surface area contributed by atoms with E-state index in [2.05, 4.69) is 27.7 Å². The number of epoxide rings is 2. The van der Waals surface area contributed by atoms with E-state index in [1.807, 2.05) is 0 Å². The fourth-order valence-corrected chi connectivity index (χ4v) is 6.81. The summed E-state index contributed by atoms with van der Waals surface area (Å²) in [4.78, 5) is 0. The van der Waals surface area contributed by atoms with Gasteiger partial charge in [0.15, 0.2) is 0 Å². The number of rotatable bonds is 31. The van der Waals surface area contributed by atoms with E-state index in [-0.39, 0.29) is 0 Å². The summed E-state index contributed by atoms with van der Waals surface area (Å²) in [6.45, 7) is 9.45. The van der Waals surface area contributed by atoms with Crippen LogP contribution in [-0.4, -0.2) is 24.4 Å². The molecule has 0 spiro atoms. The van der Waals surface area contributed by atoms with Gasteiger partial charge in [0.1, 0.15) is 0 Å². The molecular weight excluding hydrogens is 488 g/mol. The number of hydrogen-bond acceptors (Lipinski definition) is 2. The molecule has 0 aromatic carbocycles. The highest BCUT2D eigenvalue weighted by atomic mass is 16.6. The SMILES string of the molecule is CCCCCCCCCCC1OC1CCCCC(C)CCCCCCCCCCCC1OC1CCCCC(C)C. The second-order valence-electron chi connectivity index (χ2n) is 14.5. The molecule has 0 aromatic heterocycles. The molecule has 5 atom stereocenters. The van der Waals surface area contributed by atoms with Gasteiger partial charge in [-0.2, -0.15) is 0 Å².